The van der Waals surface area contributed by atoms with E-state index in [0.29, 0.717) is 6.54 Å². The van der Waals surface area contributed by atoms with Crippen LogP contribution >= 0.6 is 0 Å². The zero-order chi connectivity index (χ0) is 20.9. The third-order valence-electron chi connectivity index (χ3n) is 6.21. The van der Waals surface area contributed by atoms with Crippen LogP contribution in [0.4, 0.5) is 10.1 Å². The van der Waals surface area contributed by atoms with E-state index in [1.165, 1.54) is 17.7 Å². The molecule has 2 aromatic rings. The Morgan fingerprint density at radius 3 is 2.47 bits per heavy atom. The number of nitrogens with zero attached hydrogens (tertiary/aromatic N) is 3. The molecule has 0 saturated carbocycles. The van der Waals surface area contributed by atoms with Crippen molar-refractivity contribution in [3.8, 4) is 5.75 Å². The van der Waals surface area contributed by atoms with Gasteiger partial charge >= 0.3 is 0 Å². The van der Waals surface area contributed by atoms with Gasteiger partial charge < -0.3 is 14.5 Å². The van der Waals surface area contributed by atoms with Gasteiger partial charge in [-0.25, -0.2) is 4.39 Å². The van der Waals surface area contributed by atoms with Gasteiger partial charge in [0.2, 0.25) is 5.91 Å². The van der Waals surface area contributed by atoms with Gasteiger partial charge in [0.25, 0.3) is 0 Å². The Kier molecular flexibility index (Phi) is 6.53. The van der Waals surface area contributed by atoms with Crippen LogP contribution in [-0.2, 0) is 4.79 Å². The smallest absolute Gasteiger partial charge is 0.237 e. The van der Waals surface area contributed by atoms with E-state index in [9.17, 15) is 9.18 Å². The van der Waals surface area contributed by atoms with Gasteiger partial charge in [0.15, 0.2) is 0 Å². The van der Waals surface area contributed by atoms with Crippen molar-refractivity contribution in [3.05, 3.63) is 59.9 Å². The number of hydrogen-bond acceptors (Lipinski definition) is 4. The lowest BCUT2D eigenvalue weighted by Gasteiger charge is -2.28. The van der Waals surface area contributed by atoms with Crippen molar-refractivity contribution in [2.75, 3.05) is 51.3 Å². The van der Waals surface area contributed by atoms with Crippen LogP contribution < -0.4 is 9.64 Å². The molecule has 2 heterocycles. The molecule has 4 rings (SSSR count). The Hall–Kier alpha value is -2.60. The van der Waals surface area contributed by atoms with E-state index >= 15 is 0 Å². The second-order valence-corrected chi connectivity index (χ2v) is 8.11. The highest BCUT2D eigenvalue weighted by Gasteiger charge is 2.31. The van der Waals surface area contributed by atoms with E-state index in [2.05, 4.69) is 21.9 Å². The van der Waals surface area contributed by atoms with Crippen LogP contribution in [0.1, 0.15) is 30.9 Å². The summed E-state index contributed by atoms with van der Waals surface area (Å²) in [5, 5.41) is 0. The molecule has 2 aliphatic rings. The first-order chi connectivity index (χ1) is 14.6. The molecule has 0 bridgehead atoms. The number of rotatable bonds is 5. The molecular formula is C24H30FN3O2. The predicted octanol–water partition coefficient (Wildman–Crippen LogP) is 3.71. The lowest BCUT2D eigenvalue weighted by molar-refractivity contribution is -0.133. The Morgan fingerprint density at radius 2 is 1.73 bits per heavy atom. The average Bonchev–Trinajstić information content (AvgIpc) is 3.15. The predicted molar refractivity (Wildman–Crippen MR) is 116 cm³/mol. The Balaban J connectivity index is 1.35. The van der Waals surface area contributed by atoms with E-state index in [-0.39, 0.29) is 17.8 Å². The summed E-state index contributed by atoms with van der Waals surface area (Å²) in [6.45, 7) is 4.80. The fourth-order valence-electron chi connectivity index (χ4n) is 4.56. The molecule has 1 amide bonds. The Bertz CT molecular complexity index is 841. The molecule has 1 atom stereocenters. The molecule has 0 aliphatic carbocycles. The highest BCUT2D eigenvalue weighted by atomic mass is 19.1. The maximum atomic E-state index is 13.2. The molecule has 6 heteroatoms. The normalized spacial score (nSPS) is 20.3. The number of methoxy groups -OCH3 is 1. The number of likely N-dealkylation sites (tertiary alicyclic amines) is 1. The summed E-state index contributed by atoms with van der Waals surface area (Å²) in [5.41, 5.74) is 2.23. The lowest BCUT2D eigenvalue weighted by atomic mass is 10.0. The third-order valence-corrected chi connectivity index (χ3v) is 6.21. The minimum Gasteiger partial charge on any atom is -0.497 e. The third kappa shape index (κ3) is 4.75. The highest BCUT2D eigenvalue weighted by molar-refractivity contribution is 5.79. The molecule has 0 aromatic heterocycles. The van der Waals surface area contributed by atoms with Crippen LogP contribution in [0.25, 0.3) is 0 Å². The molecule has 30 heavy (non-hydrogen) atoms. The number of ether oxygens (including phenoxy) is 1. The van der Waals surface area contributed by atoms with E-state index in [0.717, 1.165) is 63.4 Å². The number of hydrogen-bond donors (Lipinski definition) is 0. The van der Waals surface area contributed by atoms with E-state index in [1.54, 1.807) is 7.11 Å². The quantitative estimate of drug-likeness (QED) is 0.752. The summed E-state index contributed by atoms with van der Waals surface area (Å²) in [4.78, 5) is 19.7. The van der Waals surface area contributed by atoms with Gasteiger partial charge in [0.05, 0.1) is 19.7 Å². The standard InChI is InChI=1S/C24H30FN3O2/c1-30-22-11-5-19(6-12-22)23-4-2-15-28(23)24(29)18-26-13-3-14-27(17-16-26)21-9-7-20(25)8-10-21/h5-12,23H,2-4,13-18H2,1H3. The maximum Gasteiger partial charge on any atom is 0.237 e. The van der Waals surface area contributed by atoms with Crippen molar-refractivity contribution >= 4 is 11.6 Å². The summed E-state index contributed by atoms with van der Waals surface area (Å²) in [5.74, 6) is 0.839. The van der Waals surface area contributed by atoms with Crippen molar-refractivity contribution in [1.82, 2.24) is 9.80 Å². The summed E-state index contributed by atoms with van der Waals surface area (Å²) < 4.78 is 18.5. The second-order valence-electron chi connectivity index (χ2n) is 8.11. The van der Waals surface area contributed by atoms with Crippen molar-refractivity contribution in [3.63, 3.8) is 0 Å². The van der Waals surface area contributed by atoms with Crippen LogP contribution in [0.3, 0.4) is 0 Å². The SMILES string of the molecule is COc1ccc(C2CCCN2C(=O)CN2CCCN(c3ccc(F)cc3)CC2)cc1. The molecule has 2 fully saturated rings. The van der Waals surface area contributed by atoms with Crippen LogP contribution in [-0.4, -0.2) is 62.1 Å². The second kappa shape index (κ2) is 9.47. The fraction of sp³-hybridized carbons (Fsp3) is 0.458. The van der Waals surface area contributed by atoms with Crippen LogP contribution in [0.15, 0.2) is 48.5 Å². The number of carbonyl (C=O) groups is 1. The number of amides is 1. The van der Waals surface area contributed by atoms with Crippen LogP contribution in [0.5, 0.6) is 5.75 Å². The number of carbonyl (C=O) groups excluding carboxylic acids is 1. The molecule has 2 aromatic carbocycles. The highest BCUT2D eigenvalue weighted by Crippen LogP contribution is 2.33. The molecular weight excluding hydrogens is 381 g/mol. The van der Waals surface area contributed by atoms with Gasteiger partial charge in [0, 0.05) is 38.4 Å². The van der Waals surface area contributed by atoms with Crippen LogP contribution in [0, 0.1) is 5.82 Å². The lowest BCUT2D eigenvalue weighted by Crippen LogP contribution is -2.41. The molecule has 0 N–H and O–H groups in total. The minimum atomic E-state index is -0.210. The summed E-state index contributed by atoms with van der Waals surface area (Å²) in [6.07, 6.45) is 3.05. The summed E-state index contributed by atoms with van der Waals surface area (Å²) >= 11 is 0. The molecule has 1 unspecified atom stereocenters. The van der Waals surface area contributed by atoms with Crippen molar-refractivity contribution < 1.29 is 13.9 Å². The first-order valence-corrected chi connectivity index (χ1v) is 10.8. The first kappa shape index (κ1) is 20.7. The minimum absolute atomic E-state index is 0.158. The fourth-order valence-corrected chi connectivity index (χ4v) is 4.56. The summed E-state index contributed by atoms with van der Waals surface area (Å²) in [7, 11) is 1.67. The van der Waals surface area contributed by atoms with Crippen molar-refractivity contribution in [2.24, 2.45) is 0 Å². The van der Waals surface area contributed by atoms with Crippen molar-refractivity contribution in [1.29, 1.82) is 0 Å². The van der Waals surface area contributed by atoms with Gasteiger partial charge in [-0.2, -0.15) is 0 Å². The van der Waals surface area contributed by atoms with Gasteiger partial charge in [-0.1, -0.05) is 12.1 Å². The van der Waals surface area contributed by atoms with Gasteiger partial charge in [-0.05, 0) is 61.2 Å². The summed E-state index contributed by atoms with van der Waals surface area (Å²) in [6, 6.07) is 14.9. The molecule has 5 nitrogen and oxygen atoms in total. The molecule has 0 spiro atoms. The Morgan fingerprint density at radius 1 is 0.967 bits per heavy atom. The molecule has 2 aliphatic heterocycles. The van der Waals surface area contributed by atoms with E-state index < -0.39 is 0 Å². The van der Waals surface area contributed by atoms with E-state index in [1.807, 2.05) is 29.2 Å². The number of anilines is 1. The van der Waals surface area contributed by atoms with Gasteiger partial charge in [0.1, 0.15) is 11.6 Å². The number of halogens is 1. The zero-order valence-electron chi connectivity index (χ0n) is 17.6. The van der Waals surface area contributed by atoms with E-state index in [4.69, 9.17) is 4.74 Å². The van der Waals surface area contributed by atoms with Gasteiger partial charge in [-0.15, -0.1) is 0 Å². The number of benzene rings is 2. The molecule has 2 saturated heterocycles. The largest absolute Gasteiger partial charge is 0.497 e. The topological polar surface area (TPSA) is 36.0 Å². The van der Waals surface area contributed by atoms with Crippen LogP contribution in [0.2, 0.25) is 0 Å². The maximum absolute atomic E-state index is 13.2. The monoisotopic (exact) mass is 411 g/mol. The Labute approximate surface area is 178 Å². The van der Waals surface area contributed by atoms with Crippen molar-refractivity contribution in [2.45, 2.75) is 25.3 Å². The molecule has 0 radical (unpaired) electrons. The first-order valence-electron chi connectivity index (χ1n) is 10.8. The van der Waals surface area contributed by atoms with Gasteiger partial charge in [-0.3, -0.25) is 9.69 Å². The zero-order valence-corrected chi connectivity index (χ0v) is 17.6. The molecule has 160 valence electrons. The average molecular weight is 412 g/mol.